The Kier molecular flexibility index (Phi) is 5.34. The van der Waals surface area contributed by atoms with E-state index in [4.69, 9.17) is 4.74 Å². The Hall–Kier alpha value is -1.87. The Morgan fingerprint density at radius 3 is 2.62 bits per heavy atom. The molecule has 3 heteroatoms. The molecule has 1 aliphatic rings. The lowest BCUT2D eigenvalue weighted by Crippen LogP contribution is -2.09. The number of hydrogen-bond acceptors (Lipinski definition) is 3. The number of nitrogens with zero attached hydrogens (tertiary/aromatic N) is 1. The molecule has 1 aromatic carbocycles. The summed E-state index contributed by atoms with van der Waals surface area (Å²) < 4.78 is 5.88. The Morgan fingerprint density at radius 2 is 1.86 bits per heavy atom. The summed E-state index contributed by atoms with van der Waals surface area (Å²) >= 11 is 0. The molecule has 0 bridgehead atoms. The van der Waals surface area contributed by atoms with Crippen LogP contribution in [0.3, 0.4) is 0 Å². The Balaban J connectivity index is 0.000000497. The number of fused-ring (bicyclic) bond motifs is 1. The van der Waals surface area contributed by atoms with E-state index < -0.39 is 0 Å². The van der Waals surface area contributed by atoms with Gasteiger partial charge < -0.3 is 10.1 Å². The minimum absolute atomic E-state index is 0.827. The molecule has 0 saturated carbocycles. The largest absolute Gasteiger partial charge is 0.493 e. The molecule has 1 aliphatic heterocycles. The van der Waals surface area contributed by atoms with Crippen LogP contribution in [0.2, 0.25) is 0 Å². The fraction of sp³-hybridized carbons (Fsp3) is 0.389. The summed E-state index contributed by atoms with van der Waals surface area (Å²) in [5.41, 5.74) is 6.09. The zero-order valence-electron chi connectivity index (χ0n) is 13.4. The average molecular weight is 284 g/mol. The minimum Gasteiger partial charge on any atom is -0.493 e. The second kappa shape index (κ2) is 7.23. The second-order valence-electron chi connectivity index (χ2n) is 5.31. The molecule has 0 fully saturated rings. The number of rotatable bonds is 1. The molecular formula is C18H24N2O. The average Bonchev–Trinajstić information content (AvgIpc) is 2.50. The van der Waals surface area contributed by atoms with Crippen molar-refractivity contribution in [2.75, 3.05) is 20.7 Å². The van der Waals surface area contributed by atoms with Gasteiger partial charge in [-0.3, -0.25) is 4.98 Å². The van der Waals surface area contributed by atoms with Crippen molar-refractivity contribution in [1.82, 2.24) is 10.3 Å². The van der Waals surface area contributed by atoms with Gasteiger partial charge in [-0.2, -0.15) is 0 Å². The van der Waals surface area contributed by atoms with Crippen LogP contribution in [-0.2, 0) is 6.42 Å². The molecule has 112 valence electrons. The molecule has 0 unspecified atom stereocenters. The summed E-state index contributed by atoms with van der Waals surface area (Å²) in [4.78, 5) is 4.34. The topological polar surface area (TPSA) is 34.2 Å². The highest BCUT2D eigenvalue weighted by molar-refractivity contribution is 5.75. The zero-order valence-corrected chi connectivity index (χ0v) is 13.4. The molecule has 2 heterocycles. The zero-order chi connectivity index (χ0) is 15.2. The number of benzene rings is 1. The van der Waals surface area contributed by atoms with E-state index in [1.54, 1.807) is 0 Å². The Morgan fingerprint density at radius 1 is 1.10 bits per heavy atom. The van der Waals surface area contributed by atoms with Crippen molar-refractivity contribution in [3.63, 3.8) is 0 Å². The van der Waals surface area contributed by atoms with Crippen molar-refractivity contribution in [1.29, 1.82) is 0 Å². The highest BCUT2D eigenvalue weighted by atomic mass is 16.5. The fourth-order valence-electron chi connectivity index (χ4n) is 2.53. The minimum atomic E-state index is 0.827. The molecule has 1 aromatic heterocycles. The molecule has 0 saturated heterocycles. The standard InChI is InChI=1S/C16H17NO.C2H7N/c1-11-12(2)17-9-8-14(11)15-7-3-5-13-6-4-10-18-16(13)15;1-3-2/h3,5,7-9H,4,6,10H2,1-2H3;3H,1-2H3. The molecule has 0 radical (unpaired) electrons. The number of para-hydroxylation sites is 1. The van der Waals surface area contributed by atoms with E-state index in [1.807, 2.05) is 20.3 Å². The predicted octanol–water partition coefficient (Wildman–Crippen LogP) is 3.53. The summed E-state index contributed by atoms with van der Waals surface area (Å²) in [6.07, 6.45) is 4.11. The summed E-state index contributed by atoms with van der Waals surface area (Å²) in [5.74, 6) is 1.07. The molecular weight excluding hydrogens is 260 g/mol. The van der Waals surface area contributed by atoms with Gasteiger partial charge in [0, 0.05) is 17.5 Å². The van der Waals surface area contributed by atoms with Crippen molar-refractivity contribution in [2.45, 2.75) is 26.7 Å². The van der Waals surface area contributed by atoms with Gasteiger partial charge in [0.05, 0.1) is 6.61 Å². The van der Waals surface area contributed by atoms with Crippen molar-refractivity contribution in [2.24, 2.45) is 0 Å². The maximum Gasteiger partial charge on any atom is 0.130 e. The van der Waals surface area contributed by atoms with Crippen LogP contribution in [0.4, 0.5) is 0 Å². The van der Waals surface area contributed by atoms with E-state index in [9.17, 15) is 0 Å². The van der Waals surface area contributed by atoms with Gasteiger partial charge in [0.1, 0.15) is 5.75 Å². The number of nitrogens with one attached hydrogen (secondary N) is 1. The van der Waals surface area contributed by atoms with Crippen molar-refractivity contribution >= 4 is 0 Å². The van der Waals surface area contributed by atoms with Crippen LogP contribution < -0.4 is 10.1 Å². The van der Waals surface area contributed by atoms with Crippen LogP contribution in [0.15, 0.2) is 30.5 Å². The van der Waals surface area contributed by atoms with E-state index in [1.165, 1.54) is 22.3 Å². The van der Waals surface area contributed by atoms with Gasteiger partial charge in [0.2, 0.25) is 0 Å². The number of pyridine rings is 1. The molecule has 2 aromatic rings. The molecule has 21 heavy (non-hydrogen) atoms. The van der Waals surface area contributed by atoms with Crippen molar-refractivity contribution < 1.29 is 4.74 Å². The number of aromatic nitrogens is 1. The molecule has 3 rings (SSSR count). The van der Waals surface area contributed by atoms with Crippen LogP contribution in [0, 0.1) is 13.8 Å². The summed E-state index contributed by atoms with van der Waals surface area (Å²) in [6, 6.07) is 8.52. The van der Waals surface area contributed by atoms with Crippen LogP contribution in [-0.4, -0.2) is 25.7 Å². The lowest BCUT2D eigenvalue weighted by Gasteiger charge is -2.21. The van der Waals surface area contributed by atoms with Gasteiger partial charge >= 0.3 is 0 Å². The molecule has 0 atom stereocenters. The molecule has 0 spiro atoms. The van der Waals surface area contributed by atoms with Gasteiger partial charge in [-0.15, -0.1) is 0 Å². The highest BCUT2D eigenvalue weighted by Gasteiger charge is 2.16. The first-order chi connectivity index (χ1) is 10.2. The Labute approximate surface area is 127 Å². The first kappa shape index (κ1) is 15.5. The fourth-order valence-corrected chi connectivity index (χ4v) is 2.53. The normalized spacial score (nSPS) is 12.8. The van der Waals surface area contributed by atoms with Gasteiger partial charge in [-0.25, -0.2) is 0 Å². The van der Waals surface area contributed by atoms with E-state index in [0.29, 0.717) is 0 Å². The number of ether oxygens (including phenoxy) is 1. The third kappa shape index (κ3) is 3.42. The van der Waals surface area contributed by atoms with Gasteiger partial charge in [-0.1, -0.05) is 18.2 Å². The maximum atomic E-state index is 5.88. The van der Waals surface area contributed by atoms with E-state index in [-0.39, 0.29) is 0 Å². The van der Waals surface area contributed by atoms with Crippen LogP contribution in [0.1, 0.15) is 23.2 Å². The SMILES string of the molecule is CNC.Cc1nccc(-c2cccc3c2OCCC3)c1C. The number of aryl methyl sites for hydroxylation is 2. The number of hydrogen-bond donors (Lipinski definition) is 1. The van der Waals surface area contributed by atoms with Crippen molar-refractivity contribution in [3.05, 3.63) is 47.3 Å². The summed E-state index contributed by atoms with van der Waals surface area (Å²) in [5, 5.41) is 2.75. The molecule has 1 N–H and O–H groups in total. The third-order valence-electron chi connectivity index (χ3n) is 3.68. The van der Waals surface area contributed by atoms with Crippen molar-refractivity contribution in [3.8, 4) is 16.9 Å². The smallest absolute Gasteiger partial charge is 0.130 e. The molecule has 0 aliphatic carbocycles. The summed E-state index contributed by atoms with van der Waals surface area (Å²) in [6.45, 7) is 5.00. The monoisotopic (exact) mass is 284 g/mol. The van der Waals surface area contributed by atoms with E-state index in [2.05, 4.69) is 48.4 Å². The third-order valence-corrected chi connectivity index (χ3v) is 3.68. The molecule has 0 amide bonds. The highest BCUT2D eigenvalue weighted by Crippen LogP contribution is 2.37. The quantitative estimate of drug-likeness (QED) is 0.870. The van der Waals surface area contributed by atoms with Gasteiger partial charge in [-0.05, 0) is 63.5 Å². The van der Waals surface area contributed by atoms with E-state index in [0.717, 1.165) is 30.9 Å². The van der Waals surface area contributed by atoms with Gasteiger partial charge in [0.25, 0.3) is 0 Å². The van der Waals surface area contributed by atoms with Crippen LogP contribution in [0.25, 0.3) is 11.1 Å². The Bertz CT molecular complexity index is 608. The lowest BCUT2D eigenvalue weighted by molar-refractivity contribution is 0.289. The first-order valence-corrected chi connectivity index (χ1v) is 7.44. The molecule has 3 nitrogen and oxygen atoms in total. The van der Waals surface area contributed by atoms with Gasteiger partial charge in [0.15, 0.2) is 0 Å². The second-order valence-corrected chi connectivity index (χ2v) is 5.31. The van der Waals surface area contributed by atoms with Crippen LogP contribution in [0.5, 0.6) is 5.75 Å². The predicted molar refractivity (Wildman–Crippen MR) is 87.9 cm³/mol. The van der Waals surface area contributed by atoms with Crippen LogP contribution >= 0.6 is 0 Å². The lowest BCUT2D eigenvalue weighted by atomic mass is 9.95. The summed E-state index contributed by atoms with van der Waals surface area (Å²) in [7, 11) is 3.75. The maximum absolute atomic E-state index is 5.88. The first-order valence-electron chi connectivity index (χ1n) is 7.44. The van der Waals surface area contributed by atoms with E-state index >= 15 is 0 Å².